The Morgan fingerprint density at radius 2 is 2.19 bits per heavy atom. The number of halogens is 1. The molecule has 1 saturated heterocycles. The van der Waals surface area contributed by atoms with E-state index in [1.54, 1.807) is 12.4 Å². The molecular weight excluding hydrogens is 354 g/mol. The molecule has 2 heterocycles. The van der Waals surface area contributed by atoms with Gasteiger partial charge in [-0.3, -0.25) is 19.9 Å². The van der Waals surface area contributed by atoms with E-state index in [1.165, 1.54) is 17.6 Å². The Morgan fingerprint density at radius 3 is 2.92 bits per heavy atom. The molecule has 3 N–H and O–H groups in total. The topological polar surface area (TPSA) is 90.4 Å². The second-order valence-corrected chi connectivity index (χ2v) is 6.50. The normalized spacial score (nSPS) is 17.5. The number of hydrogen-bond acceptors (Lipinski definition) is 6. The van der Waals surface area contributed by atoms with Crippen molar-refractivity contribution in [2.45, 2.75) is 19.0 Å². The van der Waals surface area contributed by atoms with E-state index in [9.17, 15) is 4.79 Å². The highest BCUT2D eigenvalue weighted by Gasteiger charge is 2.23. The summed E-state index contributed by atoms with van der Waals surface area (Å²) in [5, 5.41) is 12.6. The zero-order valence-corrected chi connectivity index (χ0v) is 14.9. The number of hydroxylamine groups is 1. The summed E-state index contributed by atoms with van der Waals surface area (Å²) in [5.41, 5.74) is 3.19. The van der Waals surface area contributed by atoms with Crippen LogP contribution in [0, 0.1) is 0 Å². The lowest BCUT2D eigenvalue weighted by molar-refractivity contribution is -0.124. The number of nitrogens with one attached hydrogen (secondary N) is 2. The van der Waals surface area contributed by atoms with E-state index in [1.807, 2.05) is 18.2 Å². The zero-order chi connectivity index (χ0) is 18.4. The van der Waals surface area contributed by atoms with Gasteiger partial charge in [0, 0.05) is 36.8 Å². The van der Waals surface area contributed by atoms with Crippen LogP contribution in [-0.2, 0) is 11.3 Å². The van der Waals surface area contributed by atoms with Crippen LogP contribution in [-0.4, -0.2) is 45.1 Å². The van der Waals surface area contributed by atoms with Crippen LogP contribution in [0.4, 0.5) is 5.82 Å². The van der Waals surface area contributed by atoms with Gasteiger partial charge in [0.05, 0.1) is 18.1 Å². The third-order valence-corrected chi connectivity index (χ3v) is 4.53. The fourth-order valence-electron chi connectivity index (χ4n) is 2.87. The van der Waals surface area contributed by atoms with Crippen molar-refractivity contribution in [2.75, 3.05) is 18.4 Å². The molecule has 1 fully saturated rings. The van der Waals surface area contributed by atoms with Gasteiger partial charge in [0.15, 0.2) is 0 Å². The number of amides is 1. The third kappa shape index (κ3) is 5.01. The van der Waals surface area contributed by atoms with Crippen LogP contribution in [0.15, 0.2) is 42.7 Å². The smallest absolute Gasteiger partial charge is 0.267 e. The number of aromatic nitrogens is 2. The van der Waals surface area contributed by atoms with Crippen molar-refractivity contribution in [1.29, 1.82) is 0 Å². The maximum atomic E-state index is 10.9. The molecule has 1 atom stereocenters. The first kappa shape index (κ1) is 18.3. The molecular formula is C18H20ClN5O2. The summed E-state index contributed by atoms with van der Waals surface area (Å²) in [4.78, 5) is 21.8. The van der Waals surface area contributed by atoms with Crippen molar-refractivity contribution >= 4 is 29.4 Å². The molecule has 1 aliphatic rings. The monoisotopic (exact) mass is 373 g/mol. The molecule has 26 heavy (non-hydrogen) atoms. The number of nitrogens with zero attached hydrogens (tertiary/aromatic N) is 3. The lowest BCUT2D eigenvalue weighted by Gasteiger charge is -2.17. The molecule has 3 rings (SSSR count). The number of carbonyl (C=O) groups is 1. The number of rotatable bonds is 6. The summed E-state index contributed by atoms with van der Waals surface area (Å²) in [6.07, 6.45) is 6.88. The standard InChI is InChI=1S/C18H20ClN5O2/c19-16-4-2-1-3-13(16)11-24-8-7-15(12-24)22-17-10-20-14(9-21-17)5-6-18(25)23-26/h1-6,9-10,15,26H,7-8,11-12H2,(H,21,22)(H,23,25)/t15-/m1/s1. The van der Waals surface area contributed by atoms with E-state index < -0.39 is 5.91 Å². The second kappa shape index (κ2) is 8.75. The minimum Gasteiger partial charge on any atom is -0.365 e. The van der Waals surface area contributed by atoms with Gasteiger partial charge in [-0.1, -0.05) is 29.8 Å². The molecule has 0 unspecified atom stereocenters. The van der Waals surface area contributed by atoms with Crippen molar-refractivity contribution in [3.8, 4) is 0 Å². The number of carbonyl (C=O) groups excluding carboxylic acids is 1. The van der Waals surface area contributed by atoms with Crippen molar-refractivity contribution < 1.29 is 10.0 Å². The molecule has 1 aliphatic heterocycles. The minimum absolute atomic E-state index is 0.299. The Hall–Kier alpha value is -2.48. The van der Waals surface area contributed by atoms with Gasteiger partial charge in [0.25, 0.3) is 5.91 Å². The Morgan fingerprint density at radius 1 is 1.35 bits per heavy atom. The average molecular weight is 374 g/mol. The van der Waals surface area contributed by atoms with Gasteiger partial charge in [-0.05, 0) is 24.1 Å². The van der Waals surface area contributed by atoms with Crippen molar-refractivity contribution in [3.63, 3.8) is 0 Å². The predicted octanol–water partition coefficient (Wildman–Crippen LogP) is 2.33. The van der Waals surface area contributed by atoms with Gasteiger partial charge in [-0.2, -0.15) is 0 Å². The Bertz CT molecular complexity index is 781. The Balaban J connectivity index is 1.51. The lowest BCUT2D eigenvalue weighted by atomic mass is 10.2. The fraction of sp³-hybridized carbons (Fsp3) is 0.278. The lowest BCUT2D eigenvalue weighted by Crippen LogP contribution is -2.26. The molecule has 0 radical (unpaired) electrons. The summed E-state index contributed by atoms with van der Waals surface area (Å²) in [5.74, 6) is 0.0805. The van der Waals surface area contributed by atoms with E-state index >= 15 is 0 Å². The third-order valence-electron chi connectivity index (χ3n) is 4.16. The molecule has 1 aromatic heterocycles. The van der Waals surface area contributed by atoms with Gasteiger partial charge in [-0.15, -0.1) is 0 Å². The number of anilines is 1. The van der Waals surface area contributed by atoms with Crippen LogP contribution in [0.3, 0.4) is 0 Å². The summed E-state index contributed by atoms with van der Waals surface area (Å²) in [6.45, 7) is 2.73. The maximum Gasteiger partial charge on any atom is 0.267 e. The summed E-state index contributed by atoms with van der Waals surface area (Å²) in [6, 6.07) is 8.21. The summed E-state index contributed by atoms with van der Waals surface area (Å²) in [7, 11) is 0. The first-order valence-corrected chi connectivity index (χ1v) is 8.68. The van der Waals surface area contributed by atoms with E-state index in [-0.39, 0.29) is 0 Å². The fourth-order valence-corrected chi connectivity index (χ4v) is 3.06. The van der Waals surface area contributed by atoms with Crippen LogP contribution in [0.2, 0.25) is 5.02 Å². The van der Waals surface area contributed by atoms with Crippen LogP contribution in [0.5, 0.6) is 0 Å². The highest BCUT2D eigenvalue weighted by molar-refractivity contribution is 6.31. The molecule has 1 aromatic carbocycles. The van der Waals surface area contributed by atoms with E-state index in [2.05, 4.69) is 26.3 Å². The molecule has 8 heteroatoms. The molecule has 0 spiro atoms. The molecule has 7 nitrogen and oxygen atoms in total. The molecule has 0 aliphatic carbocycles. The molecule has 136 valence electrons. The largest absolute Gasteiger partial charge is 0.365 e. The number of likely N-dealkylation sites (tertiary alicyclic amines) is 1. The van der Waals surface area contributed by atoms with Gasteiger partial charge >= 0.3 is 0 Å². The summed E-state index contributed by atoms with van der Waals surface area (Å²) < 4.78 is 0. The first-order valence-electron chi connectivity index (χ1n) is 8.30. The molecule has 1 amide bonds. The van der Waals surface area contributed by atoms with Gasteiger partial charge in [-0.25, -0.2) is 10.5 Å². The zero-order valence-electron chi connectivity index (χ0n) is 14.1. The highest BCUT2D eigenvalue weighted by Crippen LogP contribution is 2.21. The van der Waals surface area contributed by atoms with Crippen LogP contribution >= 0.6 is 11.6 Å². The van der Waals surface area contributed by atoms with Crippen molar-refractivity contribution in [3.05, 3.63) is 59.0 Å². The van der Waals surface area contributed by atoms with Crippen LogP contribution in [0.25, 0.3) is 6.08 Å². The van der Waals surface area contributed by atoms with Crippen LogP contribution in [0.1, 0.15) is 17.7 Å². The summed E-state index contributed by atoms with van der Waals surface area (Å²) >= 11 is 6.23. The SMILES string of the molecule is O=C(C=Cc1cnc(N[C@@H]2CCN(Cc3ccccc3Cl)C2)cn1)NO. The number of benzene rings is 1. The minimum atomic E-state index is -0.612. The second-order valence-electron chi connectivity index (χ2n) is 6.09. The van der Waals surface area contributed by atoms with E-state index in [4.69, 9.17) is 16.8 Å². The molecule has 0 bridgehead atoms. The Labute approximate surface area is 156 Å². The maximum absolute atomic E-state index is 10.9. The highest BCUT2D eigenvalue weighted by atomic mass is 35.5. The Kier molecular flexibility index (Phi) is 6.17. The molecule has 2 aromatic rings. The van der Waals surface area contributed by atoms with Gasteiger partial charge in [0.1, 0.15) is 5.82 Å². The van der Waals surface area contributed by atoms with Crippen molar-refractivity contribution in [2.24, 2.45) is 0 Å². The van der Waals surface area contributed by atoms with Gasteiger partial charge < -0.3 is 5.32 Å². The van der Waals surface area contributed by atoms with Gasteiger partial charge in [0.2, 0.25) is 0 Å². The quantitative estimate of drug-likeness (QED) is 0.409. The van der Waals surface area contributed by atoms with E-state index in [0.29, 0.717) is 17.6 Å². The first-order chi connectivity index (χ1) is 12.6. The van der Waals surface area contributed by atoms with E-state index in [0.717, 1.165) is 36.6 Å². The predicted molar refractivity (Wildman–Crippen MR) is 99.8 cm³/mol. The molecule has 0 saturated carbocycles. The average Bonchev–Trinajstić information content (AvgIpc) is 3.09. The van der Waals surface area contributed by atoms with Crippen molar-refractivity contribution in [1.82, 2.24) is 20.3 Å². The number of hydrogen-bond donors (Lipinski definition) is 3. The van der Waals surface area contributed by atoms with Crippen LogP contribution < -0.4 is 10.8 Å².